The van der Waals surface area contributed by atoms with Gasteiger partial charge in [0.05, 0.1) is 24.2 Å². The Morgan fingerprint density at radius 3 is 2.69 bits per heavy atom. The SMILES string of the molecule is O=C(NCCn1ncc2c(=O)n(Cc3ccc([N+](=O)[O-])cc3)cnc21)c1cccc(Cl)c1. The molecule has 1 amide bonds. The number of hydrogen-bond acceptors (Lipinski definition) is 6. The van der Waals surface area contributed by atoms with E-state index in [1.54, 1.807) is 41.1 Å². The van der Waals surface area contributed by atoms with Gasteiger partial charge in [-0.2, -0.15) is 5.10 Å². The maximum Gasteiger partial charge on any atom is 0.269 e. The van der Waals surface area contributed by atoms with Crippen molar-refractivity contribution >= 4 is 34.2 Å². The Morgan fingerprint density at radius 2 is 1.97 bits per heavy atom. The third-order valence-electron chi connectivity index (χ3n) is 4.82. The highest BCUT2D eigenvalue weighted by Gasteiger charge is 2.12. The Kier molecular flexibility index (Phi) is 5.95. The molecule has 2 aromatic carbocycles. The summed E-state index contributed by atoms with van der Waals surface area (Å²) in [5.74, 6) is -0.262. The summed E-state index contributed by atoms with van der Waals surface area (Å²) in [5, 5.41) is 18.6. The van der Waals surface area contributed by atoms with Gasteiger partial charge in [0.25, 0.3) is 17.2 Å². The lowest BCUT2D eigenvalue weighted by molar-refractivity contribution is -0.384. The standard InChI is InChI=1S/C21H17ClN6O4/c22-16-3-1-2-15(10-16)20(29)23-8-9-27-19-18(11-25-27)21(30)26(13-24-19)12-14-4-6-17(7-5-14)28(31)32/h1-7,10-11,13H,8-9,12H2,(H,23,29). The van der Waals surface area contributed by atoms with Crippen LogP contribution in [0.5, 0.6) is 0 Å². The molecule has 0 bridgehead atoms. The van der Waals surface area contributed by atoms with Gasteiger partial charge in [0.1, 0.15) is 11.7 Å². The van der Waals surface area contributed by atoms with Gasteiger partial charge in [0, 0.05) is 29.3 Å². The van der Waals surface area contributed by atoms with Crippen LogP contribution in [0, 0.1) is 10.1 Å². The van der Waals surface area contributed by atoms with Crippen LogP contribution >= 0.6 is 11.6 Å². The maximum atomic E-state index is 12.8. The fraction of sp³-hybridized carbons (Fsp3) is 0.143. The number of nitrogens with zero attached hydrogens (tertiary/aromatic N) is 5. The molecule has 0 aliphatic carbocycles. The minimum atomic E-state index is -0.477. The molecule has 1 N–H and O–H groups in total. The van der Waals surface area contributed by atoms with Gasteiger partial charge in [-0.05, 0) is 23.8 Å². The normalized spacial score (nSPS) is 10.9. The van der Waals surface area contributed by atoms with Gasteiger partial charge >= 0.3 is 0 Å². The second-order valence-electron chi connectivity index (χ2n) is 6.97. The third kappa shape index (κ3) is 4.49. The van der Waals surface area contributed by atoms with E-state index < -0.39 is 4.92 Å². The maximum absolute atomic E-state index is 12.8. The molecular weight excluding hydrogens is 436 g/mol. The van der Waals surface area contributed by atoms with E-state index in [4.69, 9.17) is 11.6 Å². The number of non-ortho nitro benzene ring substituents is 1. The zero-order chi connectivity index (χ0) is 22.7. The minimum Gasteiger partial charge on any atom is -0.350 e. The third-order valence-corrected chi connectivity index (χ3v) is 5.05. The molecule has 32 heavy (non-hydrogen) atoms. The lowest BCUT2D eigenvalue weighted by Crippen LogP contribution is -2.27. The lowest BCUT2D eigenvalue weighted by atomic mass is 10.2. The van der Waals surface area contributed by atoms with E-state index in [1.165, 1.54) is 29.2 Å². The summed E-state index contributed by atoms with van der Waals surface area (Å²) in [4.78, 5) is 39.6. The Morgan fingerprint density at radius 1 is 1.19 bits per heavy atom. The zero-order valence-corrected chi connectivity index (χ0v) is 17.4. The molecule has 4 rings (SSSR count). The van der Waals surface area contributed by atoms with E-state index >= 15 is 0 Å². The summed E-state index contributed by atoms with van der Waals surface area (Å²) >= 11 is 5.91. The van der Waals surface area contributed by atoms with Crippen molar-refractivity contribution in [3.8, 4) is 0 Å². The Balaban J connectivity index is 1.45. The predicted octanol–water partition coefficient (Wildman–Crippen LogP) is 2.63. The Labute approximate surface area is 186 Å². The molecule has 0 atom stereocenters. The zero-order valence-electron chi connectivity index (χ0n) is 16.6. The summed E-state index contributed by atoms with van der Waals surface area (Å²) in [5.41, 5.74) is 1.30. The van der Waals surface area contributed by atoms with Crippen LogP contribution in [-0.4, -0.2) is 36.7 Å². The summed E-state index contributed by atoms with van der Waals surface area (Å²) in [6.07, 6.45) is 2.85. The number of halogens is 1. The first-order valence-corrected chi connectivity index (χ1v) is 9.98. The molecule has 2 heterocycles. The van der Waals surface area contributed by atoms with E-state index in [-0.39, 0.29) is 30.2 Å². The van der Waals surface area contributed by atoms with Crippen molar-refractivity contribution in [1.82, 2.24) is 24.6 Å². The van der Waals surface area contributed by atoms with Gasteiger partial charge in [0.2, 0.25) is 0 Å². The van der Waals surface area contributed by atoms with Crippen molar-refractivity contribution in [1.29, 1.82) is 0 Å². The number of amides is 1. The number of hydrogen-bond donors (Lipinski definition) is 1. The molecule has 0 radical (unpaired) electrons. The van der Waals surface area contributed by atoms with E-state index in [2.05, 4.69) is 15.4 Å². The smallest absolute Gasteiger partial charge is 0.269 e. The molecule has 0 saturated heterocycles. The second kappa shape index (κ2) is 8.98. The number of carbonyl (C=O) groups excluding carboxylic acids is 1. The van der Waals surface area contributed by atoms with Crippen LogP contribution in [0.15, 0.2) is 65.8 Å². The number of nitro groups is 1. The first-order valence-electron chi connectivity index (χ1n) is 9.60. The molecule has 0 aliphatic heterocycles. The summed E-state index contributed by atoms with van der Waals surface area (Å²) in [6.45, 7) is 0.838. The number of carbonyl (C=O) groups is 1. The van der Waals surface area contributed by atoms with Crippen LogP contribution in [0.3, 0.4) is 0 Å². The molecule has 4 aromatic rings. The molecule has 0 aliphatic rings. The molecule has 0 unspecified atom stereocenters. The highest BCUT2D eigenvalue weighted by Crippen LogP contribution is 2.13. The number of rotatable bonds is 7. The number of nitrogens with one attached hydrogen (secondary N) is 1. The van der Waals surface area contributed by atoms with Gasteiger partial charge in [-0.3, -0.25) is 24.3 Å². The van der Waals surface area contributed by atoms with Crippen LogP contribution in [0.4, 0.5) is 5.69 Å². The largest absolute Gasteiger partial charge is 0.350 e. The second-order valence-corrected chi connectivity index (χ2v) is 7.41. The quantitative estimate of drug-likeness (QED) is 0.339. The van der Waals surface area contributed by atoms with Crippen LogP contribution in [0.1, 0.15) is 15.9 Å². The fourth-order valence-corrected chi connectivity index (χ4v) is 3.39. The van der Waals surface area contributed by atoms with E-state index in [0.29, 0.717) is 28.2 Å². The Bertz CT molecular complexity index is 1360. The van der Waals surface area contributed by atoms with Crippen molar-refractivity contribution in [2.24, 2.45) is 0 Å². The monoisotopic (exact) mass is 452 g/mol. The van der Waals surface area contributed by atoms with Crippen LogP contribution in [0.2, 0.25) is 5.02 Å². The molecule has 10 nitrogen and oxygen atoms in total. The van der Waals surface area contributed by atoms with Crippen molar-refractivity contribution in [2.75, 3.05) is 6.54 Å². The molecule has 0 saturated carbocycles. The van der Waals surface area contributed by atoms with Gasteiger partial charge in [-0.25, -0.2) is 9.67 Å². The van der Waals surface area contributed by atoms with Gasteiger partial charge < -0.3 is 5.32 Å². The highest BCUT2D eigenvalue weighted by molar-refractivity contribution is 6.30. The fourth-order valence-electron chi connectivity index (χ4n) is 3.20. The van der Waals surface area contributed by atoms with E-state index in [9.17, 15) is 19.7 Å². The van der Waals surface area contributed by atoms with Crippen LogP contribution < -0.4 is 10.9 Å². The first kappa shape index (κ1) is 21.2. The minimum absolute atomic E-state index is 0.0154. The average Bonchev–Trinajstić information content (AvgIpc) is 3.19. The number of benzene rings is 2. The van der Waals surface area contributed by atoms with Crippen molar-refractivity contribution in [3.05, 3.63) is 97.7 Å². The molecular formula is C21H17ClN6O4. The number of aromatic nitrogens is 4. The van der Waals surface area contributed by atoms with E-state index in [0.717, 1.165) is 5.56 Å². The van der Waals surface area contributed by atoms with Gasteiger partial charge in [-0.1, -0.05) is 29.8 Å². The molecule has 0 spiro atoms. The van der Waals surface area contributed by atoms with Gasteiger partial charge in [0.15, 0.2) is 5.65 Å². The summed E-state index contributed by atoms with van der Waals surface area (Å²) in [7, 11) is 0. The topological polar surface area (TPSA) is 125 Å². The summed E-state index contributed by atoms with van der Waals surface area (Å²) in [6, 6.07) is 12.6. The van der Waals surface area contributed by atoms with Crippen molar-refractivity contribution in [2.45, 2.75) is 13.1 Å². The van der Waals surface area contributed by atoms with Crippen LogP contribution in [0.25, 0.3) is 11.0 Å². The van der Waals surface area contributed by atoms with E-state index in [1.807, 2.05) is 0 Å². The van der Waals surface area contributed by atoms with Crippen molar-refractivity contribution in [3.63, 3.8) is 0 Å². The summed E-state index contributed by atoms with van der Waals surface area (Å²) < 4.78 is 2.96. The first-order chi connectivity index (χ1) is 15.4. The van der Waals surface area contributed by atoms with Crippen LogP contribution in [-0.2, 0) is 13.1 Å². The predicted molar refractivity (Wildman–Crippen MR) is 118 cm³/mol. The Hall–Kier alpha value is -4.05. The van der Waals surface area contributed by atoms with Crippen molar-refractivity contribution < 1.29 is 9.72 Å². The van der Waals surface area contributed by atoms with Gasteiger partial charge in [-0.15, -0.1) is 0 Å². The molecule has 11 heteroatoms. The molecule has 162 valence electrons. The lowest BCUT2D eigenvalue weighted by Gasteiger charge is -2.08. The highest BCUT2D eigenvalue weighted by atomic mass is 35.5. The molecule has 0 fully saturated rings. The molecule has 2 aromatic heterocycles. The number of fused-ring (bicyclic) bond motifs is 1. The number of nitro benzene ring substituents is 1. The average molecular weight is 453 g/mol.